The molecule has 2 aliphatic rings. The van der Waals surface area contributed by atoms with Crippen molar-refractivity contribution in [3.8, 4) is 0 Å². The Bertz CT molecular complexity index is 702. The van der Waals surface area contributed by atoms with Gasteiger partial charge in [0.1, 0.15) is 4.88 Å². The number of thiophene rings is 1. The second-order valence-electron chi connectivity index (χ2n) is 9.36. The Hall–Kier alpha value is -1.13. The van der Waals surface area contributed by atoms with E-state index >= 15 is 0 Å². The highest BCUT2D eigenvalue weighted by molar-refractivity contribution is 7.14. The van der Waals surface area contributed by atoms with Crippen LogP contribution in [0.2, 0.25) is 0 Å². The lowest BCUT2D eigenvalue weighted by atomic mass is 9.75. The average molecular weight is 376 g/mol. The van der Waals surface area contributed by atoms with E-state index in [9.17, 15) is 9.90 Å². The van der Waals surface area contributed by atoms with E-state index in [2.05, 4.69) is 45.7 Å². The highest BCUT2D eigenvalue weighted by Crippen LogP contribution is 2.43. The molecule has 3 nitrogen and oxygen atoms in total. The first-order chi connectivity index (χ1) is 12.2. The minimum atomic E-state index is -0.774. The van der Waals surface area contributed by atoms with E-state index in [1.807, 2.05) is 0 Å². The summed E-state index contributed by atoms with van der Waals surface area (Å²) >= 11 is 1.47. The van der Waals surface area contributed by atoms with E-state index in [4.69, 9.17) is 0 Å². The molecule has 0 saturated heterocycles. The van der Waals surface area contributed by atoms with Crippen LogP contribution < -0.4 is 0 Å². The van der Waals surface area contributed by atoms with E-state index in [0.717, 1.165) is 31.0 Å². The SMILES string of the molecule is CN1CCC(c2cc(C(C)(C)C)sc2C(=O)O)=C([C@H]2CC[C@H](C)CC2)C1. The molecule has 4 heteroatoms. The fourth-order valence-electron chi connectivity index (χ4n) is 4.36. The van der Waals surface area contributed by atoms with Gasteiger partial charge in [-0.15, -0.1) is 11.3 Å². The predicted octanol–water partition coefficient (Wildman–Crippen LogP) is 5.66. The second-order valence-corrected chi connectivity index (χ2v) is 10.4. The molecule has 1 aliphatic heterocycles. The maximum absolute atomic E-state index is 12.0. The lowest BCUT2D eigenvalue weighted by molar-refractivity contribution is 0.0702. The molecule has 1 aromatic heterocycles. The van der Waals surface area contributed by atoms with Crippen LogP contribution in [0.4, 0.5) is 0 Å². The van der Waals surface area contributed by atoms with Crippen molar-refractivity contribution in [2.24, 2.45) is 11.8 Å². The summed E-state index contributed by atoms with van der Waals surface area (Å²) in [7, 11) is 2.19. The number of carboxylic acid groups (broad SMARTS) is 1. The highest BCUT2D eigenvalue weighted by atomic mass is 32.1. The molecule has 1 N–H and O–H groups in total. The van der Waals surface area contributed by atoms with Crippen LogP contribution in [0.1, 0.15) is 79.9 Å². The minimum absolute atomic E-state index is 0.0143. The number of nitrogens with zero attached hydrogens (tertiary/aromatic N) is 1. The summed E-state index contributed by atoms with van der Waals surface area (Å²) in [6.07, 6.45) is 6.08. The lowest BCUT2D eigenvalue weighted by Gasteiger charge is -2.35. The number of rotatable bonds is 3. The van der Waals surface area contributed by atoms with Crippen molar-refractivity contribution in [2.75, 3.05) is 20.1 Å². The van der Waals surface area contributed by atoms with Crippen LogP contribution >= 0.6 is 11.3 Å². The van der Waals surface area contributed by atoms with Crippen molar-refractivity contribution in [2.45, 2.75) is 65.2 Å². The highest BCUT2D eigenvalue weighted by Gasteiger charge is 2.31. The van der Waals surface area contributed by atoms with Crippen LogP contribution in [0, 0.1) is 11.8 Å². The number of likely N-dealkylation sites (N-methyl/N-ethyl adjacent to an activating group) is 1. The summed E-state index contributed by atoms with van der Waals surface area (Å²) < 4.78 is 0. The Morgan fingerprint density at radius 1 is 1.23 bits per heavy atom. The molecule has 3 rings (SSSR count). The first-order valence-corrected chi connectivity index (χ1v) is 10.8. The van der Waals surface area contributed by atoms with Gasteiger partial charge in [-0.05, 0) is 60.8 Å². The summed E-state index contributed by atoms with van der Waals surface area (Å²) in [4.78, 5) is 16.1. The number of carboxylic acids is 1. The van der Waals surface area contributed by atoms with Gasteiger partial charge in [0.05, 0.1) is 0 Å². The molecule has 1 aromatic rings. The maximum atomic E-state index is 12.0. The molecule has 1 saturated carbocycles. The summed E-state index contributed by atoms with van der Waals surface area (Å²) in [5.41, 5.74) is 3.85. The summed E-state index contributed by atoms with van der Waals surface area (Å²) in [5.74, 6) is 0.687. The quantitative estimate of drug-likeness (QED) is 0.741. The topological polar surface area (TPSA) is 40.5 Å². The van der Waals surface area contributed by atoms with Crippen molar-refractivity contribution < 1.29 is 9.90 Å². The summed E-state index contributed by atoms with van der Waals surface area (Å²) in [6, 6.07) is 2.18. The van der Waals surface area contributed by atoms with Crippen molar-refractivity contribution >= 4 is 22.9 Å². The van der Waals surface area contributed by atoms with Gasteiger partial charge in [-0.2, -0.15) is 0 Å². The van der Waals surface area contributed by atoms with Gasteiger partial charge in [0.2, 0.25) is 0 Å². The van der Waals surface area contributed by atoms with Crippen molar-refractivity contribution in [3.63, 3.8) is 0 Å². The van der Waals surface area contributed by atoms with E-state index in [1.54, 1.807) is 0 Å². The second kappa shape index (κ2) is 7.47. The molecule has 26 heavy (non-hydrogen) atoms. The lowest BCUT2D eigenvalue weighted by Crippen LogP contribution is -2.31. The average Bonchev–Trinajstić information content (AvgIpc) is 3.01. The van der Waals surface area contributed by atoms with Crippen LogP contribution in [0.3, 0.4) is 0 Å². The van der Waals surface area contributed by atoms with E-state index in [0.29, 0.717) is 10.8 Å². The van der Waals surface area contributed by atoms with E-state index < -0.39 is 5.97 Å². The molecule has 0 unspecified atom stereocenters. The van der Waals surface area contributed by atoms with E-state index in [-0.39, 0.29) is 5.41 Å². The summed E-state index contributed by atoms with van der Waals surface area (Å²) in [6.45, 7) is 10.9. The van der Waals surface area contributed by atoms with Gasteiger partial charge in [-0.1, -0.05) is 40.5 Å². The normalized spacial score (nSPS) is 25.6. The molecule has 0 atom stereocenters. The van der Waals surface area contributed by atoms with Crippen LogP contribution in [0.25, 0.3) is 5.57 Å². The fourth-order valence-corrected chi connectivity index (χ4v) is 5.45. The van der Waals surface area contributed by atoms with Gasteiger partial charge in [0, 0.05) is 23.5 Å². The zero-order chi connectivity index (χ0) is 19.1. The van der Waals surface area contributed by atoms with Gasteiger partial charge in [-0.25, -0.2) is 4.79 Å². The Labute approximate surface area is 162 Å². The Balaban J connectivity index is 2.07. The Morgan fingerprint density at radius 2 is 1.88 bits per heavy atom. The standard InChI is InChI=1S/C22H33NO2S/c1-14-6-8-15(9-7-14)18-13-23(5)11-10-16(18)17-12-19(22(2,3)4)26-20(17)21(24)25/h12,14-15H,6-11,13H2,1-5H3,(H,24,25)/t14-,15-. The molecular formula is C22H33NO2S. The largest absolute Gasteiger partial charge is 0.477 e. The first kappa shape index (κ1) is 19.6. The van der Waals surface area contributed by atoms with Gasteiger partial charge in [0.15, 0.2) is 0 Å². The molecule has 0 radical (unpaired) electrons. The van der Waals surface area contributed by atoms with Crippen molar-refractivity contribution in [3.05, 3.63) is 27.0 Å². The number of carbonyl (C=O) groups is 1. The smallest absolute Gasteiger partial charge is 0.346 e. The van der Waals surface area contributed by atoms with Gasteiger partial charge in [-0.3, -0.25) is 0 Å². The van der Waals surface area contributed by atoms with Gasteiger partial charge >= 0.3 is 5.97 Å². The third kappa shape index (κ3) is 4.07. The monoisotopic (exact) mass is 375 g/mol. The molecule has 2 heterocycles. The van der Waals surface area contributed by atoms with Gasteiger partial charge < -0.3 is 10.0 Å². The van der Waals surface area contributed by atoms with Crippen molar-refractivity contribution in [1.29, 1.82) is 0 Å². The number of hydrogen-bond acceptors (Lipinski definition) is 3. The zero-order valence-electron chi connectivity index (χ0n) is 16.9. The Morgan fingerprint density at radius 3 is 2.46 bits per heavy atom. The maximum Gasteiger partial charge on any atom is 0.346 e. The van der Waals surface area contributed by atoms with Crippen LogP contribution in [-0.4, -0.2) is 36.1 Å². The molecule has 0 aromatic carbocycles. The molecule has 1 fully saturated rings. The molecule has 0 bridgehead atoms. The molecule has 144 valence electrons. The van der Waals surface area contributed by atoms with E-state index in [1.165, 1.54) is 53.0 Å². The number of aromatic carboxylic acids is 1. The fraction of sp³-hybridized carbons (Fsp3) is 0.682. The van der Waals surface area contributed by atoms with Crippen LogP contribution in [0.15, 0.2) is 11.6 Å². The number of hydrogen-bond donors (Lipinski definition) is 1. The van der Waals surface area contributed by atoms with Crippen LogP contribution in [0.5, 0.6) is 0 Å². The van der Waals surface area contributed by atoms with Crippen LogP contribution in [-0.2, 0) is 5.41 Å². The minimum Gasteiger partial charge on any atom is -0.477 e. The Kier molecular flexibility index (Phi) is 5.64. The third-order valence-electron chi connectivity index (χ3n) is 6.07. The molecule has 1 aliphatic carbocycles. The first-order valence-electron chi connectivity index (χ1n) is 9.95. The predicted molar refractivity (Wildman–Crippen MR) is 110 cm³/mol. The molecular weight excluding hydrogens is 342 g/mol. The van der Waals surface area contributed by atoms with Crippen molar-refractivity contribution in [1.82, 2.24) is 4.90 Å². The molecule has 0 spiro atoms. The zero-order valence-corrected chi connectivity index (χ0v) is 17.7. The van der Waals surface area contributed by atoms with Gasteiger partial charge in [0.25, 0.3) is 0 Å². The third-order valence-corrected chi connectivity index (χ3v) is 7.62. The molecule has 0 amide bonds. The summed E-state index contributed by atoms with van der Waals surface area (Å²) in [5, 5.41) is 9.84.